The minimum Gasteiger partial charge on any atom is -0.351 e. The van der Waals surface area contributed by atoms with Crippen LogP contribution in [0.1, 0.15) is 51.1 Å². The fourth-order valence-electron chi connectivity index (χ4n) is 3.20. The summed E-state index contributed by atoms with van der Waals surface area (Å²) in [6.45, 7) is 4.43. The van der Waals surface area contributed by atoms with Gasteiger partial charge in [0, 0.05) is 17.8 Å². The maximum Gasteiger partial charge on any atom is 0.261 e. The van der Waals surface area contributed by atoms with E-state index in [-0.39, 0.29) is 11.7 Å². The number of fused-ring (bicyclic) bond motifs is 1. The molecular weight excluding hydrogens is 429 g/mol. The number of nitrogens with one attached hydrogen (secondary N) is 1. The van der Waals surface area contributed by atoms with Crippen molar-refractivity contribution in [1.82, 2.24) is 15.3 Å². The number of aromatic nitrogens is 2. The Labute approximate surface area is 169 Å². The molecule has 0 bridgehead atoms. The summed E-state index contributed by atoms with van der Waals surface area (Å²) in [6.07, 6.45) is 2.95. The summed E-state index contributed by atoms with van der Waals surface area (Å²) in [5, 5.41) is 3.96. The van der Waals surface area contributed by atoms with Gasteiger partial charge in [0.25, 0.3) is 5.91 Å². The number of hydrogen-bond donors (Lipinski definition) is 1. The van der Waals surface area contributed by atoms with E-state index in [1.54, 1.807) is 12.1 Å². The van der Waals surface area contributed by atoms with Gasteiger partial charge in [-0.15, -0.1) is 11.3 Å². The number of aryl methyl sites for hydroxylation is 2. The maximum atomic E-state index is 13.3. The van der Waals surface area contributed by atoms with Gasteiger partial charge in [0.15, 0.2) is 0 Å². The summed E-state index contributed by atoms with van der Waals surface area (Å²) in [7, 11) is 0. The van der Waals surface area contributed by atoms with Crippen molar-refractivity contribution in [3.63, 3.8) is 0 Å². The van der Waals surface area contributed by atoms with E-state index in [1.807, 2.05) is 13.8 Å². The van der Waals surface area contributed by atoms with E-state index in [9.17, 15) is 9.18 Å². The lowest BCUT2D eigenvalue weighted by Gasteiger charge is -2.06. The molecule has 0 unspecified atom stereocenters. The highest BCUT2D eigenvalue weighted by molar-refractivity contribution is 9.10. The first-order chi connectivity index (χ1) is 12.9. The van der Waals surface area contributed by atoms with Gasteiger partial charge in [-0.2, -0.15) is 0 Å². The van der Waals surface area contributed by atoms with Crippen LogP contribution in [0.4, 0.5) is 4.39 Å². The van der Waals surface area contributed by atoms with E-state index < -0.39 is 0 Å². The minimum absolute atomic E-state index is 0.0935. The molecule has 27 heavy (non-hydrogen) atoms. The summed E-state index contributed by atoms with van der Waals surface area (Å²) >= 11 is 4.62. The average Bonchev–Trinajstić information content (AvgIpc) is 3.42. The highest BCUT2D eigenvalue weighted by Crippen LogP contribution is 2.40. The van der Waals surface area contributed by atoms with Gasteiger partial charge in [-0.1, -0.05) is 6.07 Å². The Bertz CT molecular complexity index is 1050. The van der Waals surface area contributed by atoms with Crippen LogP contribution in [0.2, 0.25) is 0 Å². The monoisotopic (exact) mass is 447 g/mol. The Balaban J connectivity index is 1.49. The summed E-state index contributed by atoms with van der Waals surface area (Å²) in [4.78, 5) is 23.6. The summed E-state index contributed by atoms with van der Waals surface area (Å²) in [6, 6.07) is 4.90. The second kappa shape index (κ2) is 7.28. The van der Waals surface area contributed by atoms with Crippen molar-refractivity contribution in [2.75, 3.05) is 6.54 Å². The summed E-state index contributed by atoms with van der Waals surface area (Å²) in [5.74, 6) is 1.02. The lowest BCUT2D eigenvalue weighted by Crippen LogP contribution is -2.25. The van der Waals surface area contributed by atoms with Crippen LogP contribution in [-0.2, 0) is 6.42 Å². The molecule has 4 nitrogen and oxygen atoms in total. The number of rotatable bonds is 5. The Morgan fingerprint density at radius 1 is 1.33 bits per heavy atom. The zero-order valence-corrected chi connectivity index (χ0v) is 17.5. The standard InChI is InChI=1S/C20H19BrFN3OS/c1-10-16-11(2)24-18(13-4-5-13)25-20(16)27-17(10)19(26)23-8-7-12-3-6-15(22)14(21)9-12/h3,6,9,13H,4-5,7-8H2,1-2H3,(H,23,26). The predicted molar refractivity (Wildman–Crippen MR) is 109 cm³/mol. The van der Waals surface area contributed by atoms with Crippen LogP contribution in [-0.4, -0.2) is 22.4 Å². The molecule has 1 saturated carbocycles. The molecule has 2 heterocycles. The van der Waals surface area contributed by atoms with Gasteiger partial charge in [-0.25, -0.2) is 14.4 Å². The zero-order chi connectivity index (χ0) is 19.1. The first-order valence-corrected chi connectivity index (χ1v) is 10.5. The molecule has 0 radical (unpaired) electrons. The molecule has 1 amide bonds. The molecule has 1 aromatic carbocycles. The third kappa shape index (κ3) is 3.75. The molecule has 3 aromatic rings. The van der Waals surface area contributed by atoms with Crippen molar-refractivity contribution >= 4 is 43.4 Å². The Morgan fingerprint density at radius 3 is 2.81 bits per heavy atom. The van der Waals surface area contributed by atoms with Gasteiger partial charge in [-0.3, -0.25) is 4.79 Å². The Morgan fingerprint density at radius 2 is 2.11 bits per heavy atom. The summed E-state index contributed by atoms with van der Waals surface area (Å²) < 4.78 is 13.7. The molecule has 1 aliphatic rings. The molecule has 1 fully saturated rings. The van der Waals surface area contributed by atoms with Crippen molar-refractivity contribution in [2.24, 2.45) is 0 Å². The zero-order valence-electron chi connectivity index (χ0n) is 15.1. The molecule has 0 aliphatic heterocycles. The van der Waals surface area contributed by atoms with E-state index in [0.29, 0.717) is 28.2 Å². The van der Waals surface area contributed by atoms with Crippen LogP contribution in [0.3, 0.4) is 0 Å². The number of halogens is 2. The molecule has 2 aromatic heterocycles. The molecule has 0 saturated heterocycles. The molecule has 140 valence electrons. The van der Waals surface area contributed by atoms with Crippen molar-refractivity contribution in [3.8, 4) is 0 Å². The topological polar surface area (TPSA) is 54.9 Å². The SMILES string of the molecule is Cc1nc(C2CC2)nc2sc(C(=O)NCCc3ccc(F)c(Br)c3)c(C)c12. The summed E-state index contributed by atoms with van der Waals surface area (Å²) in [5.41, 5.74) is 2.86. The van der Waals surface area contributed by atoms with Gasteiger partial charge in [0.2, 0.25) is 0 Å². The second-order valence-corrected chi connectivity index (χ2v) is 8.79. The molecular formula is C20H19BrFN3OS. The van der Waals surface area contributed by atoms with E-state index in [1.165, 1.54) is 17.4 Å². The lowest BCUT2D eigenvalue weighted by molar-refractivity contribution is 0.0957. The first-order valence-electron chi connectivity index (χ1n) is 8.94. The smallest absolute Gasteiger partial charge is 0.261 e. The fourth-order valence-corrected chi connectivity index (χ4v) is 4.78. The van der Waals surface area contributed by atoms with Gasteiger partial charge in [-0.05, 0) is 72.3 Å². The van der Waals surface area contributed by atoms with Crippen molar-refractivity contribution in [1.29, 1.82) is 0 Å². The molecule has 7 heteroatoms. The van der Waals surface area contributed by atoms with Gasteiger partial charge < -0.3 is 5.32 Å². The van der Waals surface area contributed by atoms with Crippen LogP contribution in [0.5, 0.6) is 0 Å². The fraction of sp³-hybridized carbons (Fsp3) is 0.350. The highest BCUT2D eigenvalue weighted by Gasteiger charge is 2.28. The highest BCUT2D eigenvalue weighted by atomic mass is 79.9. The average molecular weight is 448 g/mol. The van der Waals surface area contributed by atoms with Gasteiger partial charge in [0.1, 0.15) is 16.5 Å². The Hall–Kier alpha value is -1.86. The van der Waals surface area contributed by atoms with Gasteiger partial charge in [0.05, 0.1) is 15.0 Å². The quantitative estimate of drug-likeness (QED) is 0.594. The van der Waals surface area contributed by atoms with Crippen LogP contribution >= 0.6 is 27.3 Å². The normalized spacial score (nSPS) is 13.9. The number of benzene rings is 1. The maximum absolute atomic E-state index is 13.3. The Kier molecular flexibility index (Phi) is 4.99. The molecule has 0 spiro atoms. The third-order valence-corrected chi connectivity index (χ3v) is 6.61. The van der Waals surface area contributed by atoms with Crippen molar-refractivity contribution < 1.29 is 9.18 Å². The minimum atomic E-state index is -0.286. The number of hydrogen-bond acceptors (Lipinski definition) is 4. The van der Waals surface area contributed by atoms with Crippen LogP contribution in [0.25, 0.3) is 10.2 Å². The number of amides is 1. The van der Waals surface area contributed by atoms with E-state index in [4.69, 9.17) is 4.98 Å². The second-order valence-electron chi connectivity index (χ2n) is 6.93. The molecule has 0 atom stereocenters. The number of carbonyl (C=O) groups is 1. The van der Waals surface area contributed by atoms with E-state index >= 15 is 0 Å². The van der Waals surface area contributed by atoms with E-state index in [2.05, 4.69) is 26.2 Å². The van der Waals surface area contributed by atoms with Gasteiger partial charge >= 0.3 is 0 Å². The molecule has 4 rings (SSSR count). The number of thiophene rings is 1. The molecule has 1 N–H and O–H groups in total. The first kappa shape index (κ1) is 18.5. The third-order valence-electron chi connectivity index (χ3n) is 4.82. The number of nitrogens with zero attached hydrogens (tertiary/aromatic N) is 2. The van der Waals surface area contributed by atoms with Crippen molar-refractivity contribution in [2.45, 2.75) is 39.0 Å². The van der Waals surface area contributed by atoms with E-state index in [0.717, 1.165) is 45.7 Å². The van der Waals surface area contributed by atoms with Crippen molar-refractivity contribution in [3.05, 3.63) is 56.0 Å². The lowest BCUT2D eigenvalue weighted by atomic mass is 10.1. The number of carbonyl (C=O) groups excluding carboxylic acids is 1. The molecule has 1 aliphatic carbocycles. The largest absolute Gasteiger partial charge is 0.351 e. The van der Waals surface area contributed by atoms with Crippen LogP contribution in [0.15, 0.2) is 22.7 Å². The van der Waals surface area contributed by atoms with Crippen LogP contribution < -0.4 is 5.32 Å². The predicted octanol–water partition coefficient (Wildman–Crippen LogP) is 5.06. The van der Waals surface area contributed by atoms with Crippen LogP contribution in [0, 0.1) is 19.7 Å².